The van der Waals surface area contributed by atoms with Crippen molar-refractivity contribution < 1.29 is 17.9 Å². The van der Waals surface area contributed by atoms with Crippen molar-refractivity contribution in [3.8, 4) is 5.75 Å². The number of rotatable bonds is 5. The van der Waals surface area contributed by atoms with Gasteiger partial charge in [-0.3, -0.25) is 0 Å². The van der Waals surface area contributed by atoms with Crippen LogP contribution in [0.3, 0.4) is 0 Å². The van der Waals surface area contributed by atoms with Crippen molar-refractivity contribution in [2.75, 3.05) is 13.7 Å². The van der Waals surface area contributed by atoms with Crippen LogP contribution in [0.1, 0.15) is 36.1 Å². The van der Waals surface area contributed by atoms with E-state index < -0.39 is 15.6 Å². The summed E-state index contributed by atoms with van der Waals surface area (Å²) in [5.41, 5.74) is 3.48. The van der Waals surface area contributed by atoms with Gasteiger partial charge < -0.3 is 9.47 Å². The van der Waals surface area contributed by atoms with Crippen LogP contribution >= 0.6 is 0 Å². The zero-order chi connectivity index (χ0) is 19.7. The van der Waals surface area contributed by atoms with Crippen LogP contribution in [0.2, 0.25) is 0 Å². The number of methoxy groups -OCH3 is 1. The van der Waals surface area contributed by atoms with Gasteiger partial charge in [-0.2, -0.15) is 13.5 Å². The fourth-order valence-corrected chi connectivity index (χ4v) is 3.90. The molecule has 0 spiro atoms. The molecule has 1 aliphatic rings. The summed E-state index contributed by atoms with van der Waals surface area (Å²) in [6, 6.07) is 10.5. The molecule has 0 unspecified atom stereocenters. The number of hydrogen-bond donors (Lipinski definition) is 1. The molecule has 6 nitrogen and oxygen atoms in total. The molecular formula is C20H24N2O4S. The van der Waals surface area contributed by atoms with Gasteiger partial charge in [0.05, 0.1) is 30.4 Å². The highest BCUT2D eigenvalue weighted by Gasteiger charge is 2.29. The van der Waals surface area contributed by atoms with E-state index in [1.807, 2.05) is 32.9 Å². The number of hydrogen-bond acceptors (Lipinski definition) is 5. The van der Waals surface area contributed by atoms with Gasteiger partial charge in [-0.25, -0.2) is 4.83 Å². The number of hydrazone groups is 1. The molecular weight excluding hydrogens is 364 g/mol. The molecule has 0 saturated carbocycles. The van der Waals surface area contributed by atoms with Crippen LogP contribution < -0.4 is 9.57 Å². The molecule has 0 amide bonds. The van der Waals surface area contributed by atoms with Crippen molar-refractivity contribution in [2.24, 2.45) is 5.10 Å². The minimum atomic E-state index is -3.72. The topological polar surface area (TPSA) is 77.0 Å². The van der Waals surface area contributed by atoms with Crippen molar-refractivity contribution in [1.29, 1.82) is 0 Å². The number of benzene rings is 2. The second-order valence-electron chi connectivity index (χ2n) is 7.03. The van der Waals surface area contributed by atoms with Gasteiger partial charge in [0.15, 0.2) is 0 Å². The maximum Gasteiger partial charge on any atom is 0.276 e. The summed E-state index contributed by atoms with van der Waals surface area (Å²) < 4.78 is 36.0. The number of fused-ring (bicyclic) bond motifs is 1. The lowest BCUT2D eigenvalue weighted by Gasteiger charge is -2.33. The predicted molar refractivity (Wildman–Crippen MR) is 105 cm³/mol. The molecule has 2 aromatic rings. The minimum absolute atomic E-state index is 0.164. The SMILES string of the molecule is COc1cc2c(cc1C=NNS(=O)(=O)c1ccc(C)cc1)C(C)(C)OCC2. The van der Waals surface area contributed by atoms with Gasteiger partial charge in [0.25, 0.3) is 10.0 Å². The molecule has 0 radical (unpaired) electrons. The van der Waals surface area contributed by atoms with Gasteiger partial charge in [0.2, 0.25) is 0 Å². The molecule has 0 atom stereocenters. The molecule has 1 N–H and O–H groups in total. The first kappa shape index (κ1) is 19.4. The Labute approximate surface area is 160 Å². The van der Waals surface area contributed by atoms with Crippen LogP contribution in [-0.4, -0.2) is 28.3 Å². The van der Waals surface area contributed by atoms with Gasteiger partial charge in [-0.05, 0) is 62.6 Å². The smallest absolute Gasteiger partial charge is 0.276 e. The van der Waals surface area contributed by atoms with E-state index in [4.69, 9.17) is 9.47 Å². The third kappa shape index (κ3) is 4.14. The highest BCUT2D eigenvalue weighted by Crippen LogP contribution is 2.36. The first-order valence-corrected chi connectivity index (χ1v) is 10.2. The van der Waals surface area contributed by atoms with E-state index >= 15 is 0 Å². The fraction of sp³-hybridized carbons (Fsp3) is 0.350. The average Bonchev–Trinajstić information content (AvgIpc) is 2.61. The third-order valence-electron chi connectivity index (χ3n) is 4.65. The predicted octanol–water partition coefficient (Wildman–Crippen LogP) is 3.12. The maximum absolute atomic E-state index is 12.3. The van der Waals surface area contributed by atoms with E-state index in [0.29, 0.717) is 17.9 Å². The Bertz CT molecular complexity index is 964. The monoisotopic (exact) mass is 388 g/mol. The highest BCUT2D eigenvalue weighted by atomic mass is 32.2. The fourth-order valence-electron chi connectivity index (χ4n) is 3.11. The Morgan fingerprint density at radius 2 is 1.93 bits per heavy atom. The summed E-state index contributed by atoms with van der Waals surface area (Å²) in [6.45, 7) is 6.58. The Kier molecular flexibility index (Phi) is 5.26. The molecule has 0 fully saturated rings. The lowest BCUT2D eigenvalue weighted by Crippen LogP contribution is -2.29. The van der Waals surface area contributed by atoms with E-state index in [-0.39, 0.29) is 4.90 Å². The van der Waals surface area contributed by atoms with Crippen molar-refractivity contribution in [1.82, 2.24) is 4.83 Å². The van der Waals surface area contributed by atoms with Crippen molar-refractivity contribution >= 4 is 16.2 Å². The number of aryl methyl sites for hydroxylation is 1. The largest absolute Gasteiger partial charge is 0.496 e. The summed E-state index contributed by atoms with van der Waals surface area (Å²) in [5, 5.41) is 3.93. The Balaban J connectivity index is 1.87. The normalized spacial score (nSPS) is 16.1. The zero-order valence-electron chi connectivity index (χ0n) is 15.9. The first-order valence-electron chi connectivity index (χ1n) is 8.70. The Morgan fingerprint density at radius 1 is 1.22 bits per heavy atom. The second-order valence-corrected chi connectivity index (χ2v) is 8.69. The standard InChI is InChI=1S/C20H24N2O4S/c1-14-5-7-17(8-6-14)27(23,24)22-21-13-16-11-18-15(12-19(16)25-4)9-10-26-20(18,2)3/h5-8,11-13,22H,9-10H2,1-4H3. The van der Waals surface area contributed by atoms with Gasteiger partial charge >= 0.3 is 0 Å². The molecule has 1 heterocycles. The maximum atomic E-state index is 12.3. The average molecular weight is 388 g/mol. The van der Waals surface area contributed by atoms with Crippen LogP contribution in [0, 0.1) is 6.92 Å². The molecule has 3 rings (SSSR count). The van der Waals surface area contributed by atoms with Crippen LogP contribution in [0.5, 0.6) is 5.75 Å². The van der Waals surface area contributed by atoms with Crippen LogP contribution in [0.25, 0.3) is 0 Å². The molecule has 0 aliphatic carbocycles. The van der Waals surface area contributed by atoms with E-state index in [1.54, 1.807) is 31.4 Å². The van der Waals surface area contributed by atoms with Crippen LogP contribution in [-0.2, 0) is 26.8 Å². The zero-order valence-corrected chi connectivity index (χ0v) is 16.8. The van der Waals surface area contributed by atoms with Crippen molar-refractivity contribution in [3.05, 3.63) is 58.7 Å². The van der Waals surface area contributed by atoms with Gasteiger partial charge in [0.1, 0.15) is 5.75 Å². The van der Waals surface area contributed by atoms with E-state index in [9.17, 15) is 8.42 Å². The number of nitrogens with zero attached hydrogens (tertiary/aromatic N) is 1. The quantitative estimate of drug-likeness (QED) is 0.631. The minimum Gasteiger partial charge on any atom is -0.496 e. The molecule has 1 aliphatic heterocycles. The molecule has 27 heavy (non-hydrogen) atoms. The second kappa shape index (κ2) is 7.32. The summed E-state index contributed by atoms with van der Waals surface area (Å²) in [4.78, 5) is 2.41. The third-order valence-corrected chi connectivity index (χ3v) is 5.88. The molecule has 0 saturated heterocycles. The summed E-state index contributed by atoms with van der Waals surface area (Å²) in [6.07, 6.45) is 2.27. The van der Waals surface area contributed by atoms with Gasteiger partial charge in [0, 0.05) is 5.56 Å². The number of ether oxygens (including phenoxy) is 2. The summed E-state index contributed by atoms with van der Waals surface area (Å²) >= 11 is 0. The molecule has 0 aromatic heterocycles. The molecule has 7 heteroatoms. The van der Waals surface area contributed by atoms with E-state index in [1.165, 1.54) is 11.8 Å². The van der Waals surface area contributed by atoms with Crippen molar-refractivity contribution in [3.63, 3.8) is 0 Å². The number of sulfonamides is 1. The molecule has 2 aromatic carbocycles. The Morgan fingerprint density at radius 3 is 2.59 bits per heavy atom. The van der Waals surface area contributed by atoms with E-state index in [2.05, 4.69) is 9.93 Å². The van der Waals surface area contributed by atoms with Crippen molar-refractivity contribution in [2.45, 2.75) is 37.7 Å². The summed E-state index contributed by atoms with van der Waals surface area (Å²) in [7, 11) is -2.14. The van der Waals surface area contributed by atoms with Crippen LogP contribution in [0.15, 0.2) is 46.4 Å². The lowest BCUT2D eigenvalue weighted by molar-refractivity contribution is -0.0315. The molecule has 144 valence electrons. The summed E-state index contributed by atoms with van der Waals surface area (Å²) in [5.74, 6) is 0.643. The molecule has 0 bridgehead atoms. The van der Waals surface area contributed by atoms with Gasteiger partial charge in [-0.15, -0.1) is 0 Å². The van der Waals surface area contributed by atoms with Gasteiger partial charge in [-0.1, -0.05) is 17.7 Å². The Hall–Kier alpha value is -2.38. The highest BCUT2D eigenvalue weighted by molar-refractivity contribution is 7.89. The van der Waals surface area contributed by atoms with E-state index in [0.717, 1.165) is 17.5 Å². The number of nitrogens with one attached hydrogen (secondary N) is 1. The first-order chi connectivity index (χ1) is 12.7. The van der Waals surface area contributed by atoms with Crippen LogP contribution in [0.4, 0.5) is 0 Å². The lowest BCUT2D eigenvalue weighted by atomic mass is 9.87.